The van der Waals surface area contributed by atoms with E-state index in [0.29, 0.717) is 42.9 Å². The van der Waals surface area contributed by atoms with E-state index in [0.717, 1.165) is 11.3 Å². The Morgan fingerprint density at radius 2 is 1.79 bits per heavy atom. The zero-order valence-electron chi connectivity index (χ0n) is 15.4. The Balaban J connectivity index is 1.66. The Hall–Kier alpha value is -2.81. The van der Waals surface area contributed by atoms with Crippen LogP contribution in [0.25, 0.3) is 0 Å². The molecule has 0 unspecified atom stereocenters. The van der Waals surface area contributed by atoms with Crippen LogP contribution in [0.15, 0.2) is 42.5 Å². The Morgan fingerprint density at radius 3 is 2.48 bits per heavy atom. The number of urea groups is 1. The molecular formula is C19H16Cl2N4O3S. The van der Waals surface area contributed by atoms with E-state index in [2.05, 4.69) is 20.9 Å². The highest BCUT2D eigenvalue weighted by Crippen LogP contribution is 2.29. The summed E-state index contributed by atoms with van der Waals surface area (Å²) in [6, 6.07) is 11.2. The van der Waals surface area contributed by atoms with Crippen molar-refractivity contribution < 1.29 is 14.3 Å². The zero-order chi connectivity index (χ0) is 21.0. The Labute approximate surface area is 181 Å². The minimum Gasteiger partial charge on any atom is -0.495 e. The molecule has 29 heavy (non-hydrogen) atoms. The van der Waals surface area contributed by atoms with E-state index in [9.17, 15) is 9.59 Å². The van der Waals surface area contributed by atoms with Crippen molar-refractivity contribution in [3.05, 3.63) is 63.1 Å². The molecule has 0 saturated carbocycles. The van der Waals surface area contributed by atoms with E-state index in [1.807, 2.05) is 0 Å². The number of rotatable bonds is 5. The van der Waals surface area contributed by atoms with Gasteiger partial charge < -0.3 is 15.4 Å². The summed E-state index contributed by atoms with van der Waals surface area (Å²) in [5, 5.41) is 9.19. The molecule has 0 bridgehead atoms. The third-order valence-corrected chi connectivity index (χ3v) is 5.32. The molecule has 0 fully saturated rings. The standard InChI is InChI=1S/C19H16Cl2N4O3S/c1-10-16(17(26)23-13-6-7-15(28-2)14(21)9-13)29-19(22-10)25-18(27)24-12-5-3-4-11(20)8-12/h3-9H,1-2H3,(H,23,26)(H2,22,24,25,27). The monoisotopic (exact) mass is 450 g/mol. The van der Waals surface area contributed by atoms with Crippen molar-refractivity contribution in [2.24, 2.45) is 0 Å². The fourth-order valence-corrected chi connectivity index (χ4v) is 3.72. The first-order valence-corrected chi connectivity index (χ1v) is 9.89. The van der Waals surface area contributed by atoms with Crippen LogP contribution in [-0.2, 0) is 0 Å². The lowest BCUT2D eigenvalue weighted by atomic mass is 10.3. The summed E-state index contributed by atoms with van der Waals surface area (Å²) in [6.45, 7) is 1.69. The molecule has 0 saturated heterocycles. The van der Waals surface area contributed by atoms with Gasteiger partial charge in [-0.3, -0.25) is 10.1 Å². The Morgan fingerprint density at radius 1 is 1.03 bits per heavy atom. The number of carbonyl (C=O) groups excluding carboxylic acids is 2. The molecule has 1 heterocycles. The fourth-order valence-electron chi connectivity index (χ4n) is 2.42. The summed E-state index contributed by atoms with van der Waals surface area (Å²) in [5.74, 6) is 0.153. The number of thiazole rings is 1. The number of aromatic nitrogens is 1. The molecule has 0 aliphatic rings. The molecule has 3 amide bonds. The van der Waals surface area contributed by atoms with Gasteiger partial charge in [-0.25, -0.2) is 9.78 Å². The van der Waals surface area contributed by atoms with Gasteiger partial charge in [-0.05, 0) is 43.3 Å². The minimum absolute atomic E-state index is 0.292. The van der Waals surface area contributed by atoms with E-state index in [-0.39, 0.29) is 5.91 Å². The minimum atomic E-state index is -0.491. The van der Waals surface area contributed by atoms with Crippen LogP contribution in [0.3, 0.4) is 0 Å². The third-order valence-electron chi connectivity index (χ3n) is 3.72. The third kappa shape index (κ3) is 5.38. The molecule has 3 N–H and O–H groups in total. The number of hydrogen-bond acceptors (Lipinski definition) is 5. The second-order valence-electron chi connectivity index (χ2n) is 5.83. The zero-order valence-corrected chi connectivity index (χ0v) is 17.7. The Bertz CT molecular complexity index is 1070. The van der Waals surface area contributed by atoms with Crippen LogP contribution in [-0.4, -0.2) is 24.0 Å². The molecule has 0 spiro atoms. The van der Waals surface area contributed by atoms with Gasteiger partial charge in [0.15, 0.2) is 5.13 Å². The van der Waals surface area contributed by atoms with E-state index in [1.165, 1.54) is 7.11 Å². The van der Waals surface area contributed by atoms with Crippen LogP contribution in [0, 0.1) is 6.92 Å². The maximum absolute atomic E-state index is 12.6. The predicted octanol–water partition coefficient (Wildman–Crippen LogP) is 5.66. The van der Waals surface area contributed by atoms with E-state index >= 15 is 0 Å². The van der Waals surface area contributed by atoms with Crippen LogP contribution in [0.4, 0.5) is 21.3 Å². The van der Waals surface area contributed by atoms with Gasteiger partial charge in [0.05, 0.1) is 17.8 Å². The van der Waals surface area contributed by atoms with E-state index in [1.54, 1.807) is 49.4 Å². The number of anilines is 3. The van der Waals surface area contributed by atoms with Gasteiger partial charge in [-0.1, -0.05) is 40.6 Å². The van der Waals surface area contributed by atoms with Crippen LogP contribution >= 0.6 is 34.5 Å². The number of benzene rings is 2. The van der Waals surface area contributed by atoms with Crippen molar-refractivity contribution in [3.63, 3.8) is 0 Å². The number of aryl methyl sites for hydroxylation is 1. The molecule has 0 atom stereocenters. The van der Waals surface area contributed by atoms with Crippen molar-refractivity contribution in [2.75, 3.05) is 23.1 Å². The summed E-state index contributed by atoms with van der Waals surface area (Å²) in [7, 11) is 1.51. The lowest BCUT2D eigenvalue weighted by molar-refractivity contribution is 0.102. The summed E-state index contributed by atoms with van der Waals surface area (Å²) in [4.78, 5) is 29.3. The van der Waals surface area contributed by atoms with Gasteiger partial charge >= 0.3 is 6.03 Å². The highest BCUT2D eigenvalue weighted by Gasteiger charge is 2.17. The molecule has 150 valence electrons. The van der Waals surface area contributed by atoms with Gasteiger partial charge in [0.2, 0.25) is 0 Å². The first-order valence-electron chi connectivity index (χ1n) is 8.31. The number of amides is 3. The second kappa shape index (κ2) is 9.13. The number of nitrogens with one attached hydrogen (secondary N) is 3. The lowest BCUT2D eigenvalue weighted by Crippen LogP contribution is -2.19. The summed E-state index contributed by atoms with van der Waals surface area (Å²) in [5.41, 5.74) is 1.55. The largest absolute Gasteiger partial charge is 0.495 e. The SMILES string of the molecule is COc1ccc(NC(=O)c2sc(NC(=O)Nc3cccc(Cl)c3)nc2C)cc1Cl. The van der Waals surface area contributed by atoms with E-state index in [4.69, 9.17) is 27.9 Å². The van der Waals surface area contributed by atoms with Gasteiger partial charge in [-0.2, -0.15) is 0 Å². The quantitative estimate of drug-likeness (QED) is 0.467. The molecule has 1 aromatic heterocycles. The highest BCUT2D eigenvalue weighted by atomic mass is 35.5. The van der Waals surface area contributed by atoms with Crippen molar-refractivity contribution in [1.82, 2.24) is 4.98 Å². The van der Waals surface area contributed by atoms with Crippen LogP contribution in [0.2, 0.25) is 10.0 Å². The number of carbonyl (C=O) groups is 2. The molecule has 2 aromatic carbocycles. The smallest absolute Gasteiger partial charge is 0.325 e. The first-order chi connectivity index (χ1) is 13.9. The molecule has 3 rings (SSSR count). The number of halogens is 2. The second-order valence-corrected chi connectivity index (χ2v) is 7.67. The van der Waals surface area contributed by atoms with Gasteiger partial charge in [0.1, 0.15) is 10.6 Å². The number of methoxy groups -OCH3 is 1. The molecule has 0 radical (unpaired) electrons. The van der Waals surface area contributed by atoms with Gasteiger partial charge in [0, 0.05) is 16.4 Å². The average Bonchev–Trinajstić information content (AvgIpc) is 3.02. The topological polar surface area (TPSA) is 92.4 Å². The summed E-state index contributed by atoms with van der Waals surface area (Å²) >= 11 is 13.0. The molecule has 0 aliphatic heterocycles. The maximum atomic E-state index is 12.6. The maximum Gasteiger partial charge on any atom is 0.325 e. The molecule has 3 aromatic rings. The predicted molar refractivity (Wildman–Crippen MR) is 117 cm³/mol. The fraction of sp³-hybridized carbons (Fsp3) is 0.105. The molecule has 10 heteroatoms. The van der Waals surface area contributed by atoms with Crippen molar-refractivity contribution >= 4 is 63.0 Å². The van der Waals surface area contributed by atoms with Gasteiger partial charge in [-0.15, -0.1) is 0 Å². The molecular weight excluding hydrogens is 435 g/mol. The van der Waals surface area contributed by atoms with Crippen molar-refractivity contribution in [1.29, 1.82) is 0 Å². The van der Waals surface area contributed by atoms with Crippen LogP contribution in [0.1, 0.15) is 15.4 Å². The van der Waals surface area contributed by atoms with Crippen LogP contribution < -0.4 is 20.7 Å². The molecule has 0 aliphatic carbocycles. The van der Waals surface area contributed by atoms with Gasteiger partial charge in [0.25, 0.3) is 5.91 Å². The normalized spacial score (nSPS) is 10.3. The average molecular weight is 451 g/mol. The van der Waals surface area contributed by atoms with Crippen molar-refractivity contribution in [3.8, 4) is 5.75 Å². The van der Waals surface area contributed by atoms with Crippen molar-refractivity contribution in [2.45, 2.75) is 6.92 Å². The molecule has 7 nitrogen and oxygen atoms in total. The van der Waals surface area contributed by atoms with Crippen LogP contribution in [0.5, 0.6) is 5.75 Å². The number of nitrogens with zero attached hydrogens (tertiary/aromatic N) is 1. The van der Waals surface area contributed by atoms with E-state index < -0.39 is 6.03 Å². The summed E-state index contributed by atoms with van der Waals surface area (Å²) in [6.07, 6.45) is 0. The first kappa shape index (κ1) is 20.9. The summed E-state index contributed by atoms with van der Waals surface area (Å²) < 4.78 is 5.09. The Kier molecular flexibility index (Phi) is 6.58. The lowest BCUT2D eigenvalue weighted by Gasteiger charge is -2.07. The number of hydrogen-bond donors (Lipinski definition) is 3. The highest BCUT2D eigenvalue weighted by molar-refractivity contribution is 7.17. The number of ether oxygens (including phenoxy) is 1.